The zero-order valence-electron chi connectivity index (χ0n) is 17.7. The highest BCUT2D eigenvalue weighted by Crippen LogP contribution is 2.33. The molecule has 1 atom stereocenters. The lowest BCUT2D eigenvalue weighted by Crippen LogP contribution is -2.27. The zero-order chi connectivity index (χ0) is 20.3. The number of carbonyl (C=O) groups excluding carboxylic acids is 1. The quantitative estimate of drug-likeness (QED) is 0.571. The summed E-state index contributed by atoms with van der Waals surface area (Å²) in [5.41, 5.74) is 3.59. The molecule has 5 rings (SSSR count). The number of aromatic nitrogens is 2. The molecule has 2 aliphatic rings. The van der Waals surface area contributed by atoms with Crippen LogP contribution >= 0.6 is 0 Å². The van der Waals surface area contributed by atoms with E-state index in [9.17, 15) is 4.79 Å². The second-order valence-corrected chi connectivity index (χ2v) is 9.05. The fourth-order valence-electron chi connectivity index (χ4n) is 5.30. The summed E-state index contributed by atoms with van der Waals surface area (Å²) < 4.78 is 2.45. The monoisotopic (exact) mass is 401 g/mol. The van der Waals surface area contributed by atoms with Crippen LogP contribution in [0.5, 0.6) is 0 Å². The van der Waals surface area contributed by atoms with E-state index in [0.29, 0.717) is 6.42 Å². The van der Waals surface area contributed by atoms with Gasteiger partial charge in [-0.2, -0.15) is 0 Å². The molecule has 0 spiro atoms. The maximum absolute atomic E-state index is 12.8. The summed E-state index contributed by atoms with van der Waals surface area (Å²) >= 11 is 0. The topological polar surface area (TPSA) is 38.1 Å². The van der Waals surface area contributed by atoms with E-state index < -0.39 is 0 Å². The molecule has 1 saturated carbocycles. The molecule has 2 aromatic carbocycles. The van der Waals surface area contributed by atoms with Crippen molar-refractivity contribution < 1.29 is 4.79 Å². The van der Waals surface area contributed by atoms with Gasteiger partial charge in [-0.15, -0.1) is 0 Å². The van der Waals surface area contributed by atoms with Crippen LogP contribution in [-0.2, 0) is 17.8 Å². The second-order valence-electron chi connectivity index (χ2n) is 9.05. The van der Waals surface area contributed by atoms with Gasteiger partial charge >= 0.3 is 0 Å². The highest BCUT2D eigenvalue weighted by Gasteiger charge is 2.34. The number of fused-ring (bicyclic) bond motifs is 1. The molecule has 4 nitrogen and oxygen atoms in total. The van der Waals surface area contributed by atoms with E-state index in [4.69, 9.17) is 4.98 Å². The number of imidazole rings is 1. The van der Waals surface area contributed by atoms with Gasteiger partial charge < -0.3 is 9.47 Å². The van der Waals surface area contributed by atoms with Gasteiger partial charge in [0.1, 0.15) is 5.82 Å². The van der Waals surface area contributed by atoms with Crippen molar-refractivity contribution in [3.63, 3.8) is 0 Å². The van der Waals surface area contributed by atoms with Gasteiger partial charge in [-0.3, -0.25) is 4.79 Å². The average molecular weight is 402 g/mol. The van der Waals surface area contributed by atoms with Gasteiger partial charge in [0, 0.05) is 32.0 Å². The number of hydrogen-bond acceptors (Lipinski definition) is 2. The molecule has 1 amide bonds. The van der Waals surface area contributed by atoms with E-state index in [-0.39, 0.29) is 11.8 Å². The van der Waals surface area contributed by atoms with E-state index in [2.05, 4.69) is 53.1 Å². The number of benzene rings is 2. The Kier molecular flexibility index (Phi) is 5.56. The predicted octanol–water partition coefficient (Wildman–Crippen LogP) is 5.18. The lowest BCUT2D eigenvalue weighted by atomic mass is 9.89. The Morgan fingerprint density at radius 1 is 0.933 bits per heavy atom. The van der Waals surface area contributed by atoms with Crippen LogP contribution in [0.25, 0.3) is 11.0 Å². The van der Waals surface area contributed by atoms with Gasteiger partial charge in [0.05, 0.1) is 11.0 Å². The third-order valence-electron chi connectivity index (χ3n) is 6.94. The summed E-state index contributed by atoms with van der Waals surface area (Å²) in [5, 5.41) is 0. The number of nitrogens with zero attached hydrogens (tertiary/aromatic N) is 3. The lowest BCUT2D eigenvalue weighted by Gasteiger charge is -2.24. The summed E-state index contributed by atoms with van der Waals surface area (Å²) in [6.45, 7) is 2.63. The van der Waals surface area contributed by atoms with Crippen molar-refractivity contribution in [2.75, 3.05) is 13.1 Å². The fraction of sp³-hybridized carbons (Fsp3) is 0.462. The van der Waals surface area contributed by atoms with E-state index in [1.807, 2.05) is 11.0 Å². The van der Waals surface area contributed by atoms with E-state index in [1.165, 1.54) is 43.2 Å². The van der Waals surface area contributed by atoms with Crippen molar-refractivity contribution in [1.29, 1.82) is 0 Å². The molecule has 1 aliphatic carbocycles. The normalized spacial score (nSPS) is 20.3. The molecule has 1 unspecified atom stereocenters. The third-order valence-corrected chi connectivity index (χ3v) is 6.94. The van der Waals surface area contributed by atoms with Crippen LogP contribution in [0.3, 0.4) is 0 Å². The minimum atomic E-state index is 0.198. The number of amides is 1. The number of likely N-dealkylation sites (tertiary alicyclic amines) is 1. The van der Waals surface area contributed by atoms with Gasteiger partial charge in [0.2, 0.25) is 5.91 Å². The molecule has 2 heterocycles. The summed E-state index contributed by atoms with van der Waals surface area (Å²) in [7, 11) is 0. The van der Waals surface area contributed by atoms with Gasteiger partial charge in [-0.05, 0) is 42.9 Å². The molecule has 3 aromatic rings. The van der Waals surface area contributed by atoms with E-state index >= 15 is 0 Å². The molecule has 0 bridgehead atoms. The van der Waals surface area contributed by atoms with Gasteiger partial charge in [0.25, 0.3) is 0 Å². The lowest BCUT2D eigenvalue weighted by molar-refractivity contribution is -0.127. The van der Waals surface area contributed by atoms with Crippen LogP contribution in [0.4, 0.5) is 0 Å². The predicted molar refractivity (Wildman–Crippen MR) is 120 cm³/mol. The molecule has 2 fully saturated rings. The fourth-order valence-corrected chi connectivity index (χ4v) is 5.30. The number of carbonyl (C=O) groups is 1. The Hall–Kier alpha value is -2.62. The molecular formula is C26H31N3O. The second kappa shape index (κ2) is 8.63. The van der Waals surface area contributed by atoms with Crippen LogP contribution in [0.1, 0.15) is 55.8 Å². The SMILES string of the molecule is O=C1CC(c2nc3ccccc3n2CC2CCCCC2)CN1CCc1ccccc1. The van der Waals surface area contributed by atoms with E-state index in [1.54, 1.807) is 0 Å². The molecule has 0 N–H and O–H groups in total. The first-order valence-corrected chi connectivity index (χ1v) is 11.5. The Balaban J connectivity index is 1.36. The highest BCUT2D eigenvalue weighted by molar-refractivity contribution is 5.81. The van der Waals surface area contributed by atoms with Crippen molar-refractivity contribution in [1.82, 2.24) is 14.5 Å². The number of hydrogen-bond donors (Lipinski definition) is 0. The Morgan fingerprint density at radius 3 is 2.53 bits per heavy atom. The van der Waals surface area contributed by atoms with Crippen LogP contribution in [0.15, 0.2) is 54.6 Å². The largest absolute Gasteiger partial charge is 0.342 e. The molecule has 1 aliphatic heterocycles. The van der Waals surface area contributed by atoms with E-state index in [0.717, 1.165) is 43.3 Å². The molecule has 30 heavy (non-hydrogen) atoms. The average Bonchev–Trinajstić information content (AvgIpc) is 3.34. The van der Waals surface area contributed by atoms with Crippen molar-refractivity contribution in [2.45, 2.75) is 57.4 Å². The van der Waals surface area contributed by atoms with Crippen molar-refractivity contribution >= 4 is 16.9 Å². The van der Waals surface area contributed by atoms with Crippen LogP contribution in [0.2, 0.25) is 0 Å². The third kappa shape index (κ3) is 4.00. The van der Waals surface area contributed by atoms with Crippen LogP contribution < -0.4 is 0 Å². The van der Waals surface area contributed by atoms with Crippen LogP contribution in [-0.4, -0.2) is 33.4 Å². The maximum Gasteiger partial charge on any atom is 0.223 e. The van der Waals surface area contributed by atoms with Gasteiger partial charge in [0.15, 0.2) is 0 Å². The summed E-state index contributed by atoms with van der Waals surface area (Å²) in [4.78, 5) is 19.9. The minimum absolute atomic E-state index is 0.198. The van der Waals surface area contributed by atoms with Crippen LogP contribution in [0, 0.1) is 5.92 Å². The Labute approximate surface area is 178 Å². The Morgan fingerprint density at radius 2 is 1.70 bits per heavy atom. The Bertz CT molecular complexity index is 1000. The molecule has 1 aromatic heterocycles. The number of para-hydroxylation sites is 2. The maximum atomic E-state index is 12.8. The standard InChI is InChI=1S/C26H31N3O/c30-25-17-22(19-28(25)16-15-20-9-3-1-4-10-20)26-27-23-13-7-8-14-24(23)29(26)18-21-11-5-2-6-12-21/h1,3-4,7-10,13-14,21-22H,2,5-6,11-12,15-19H2. The van der Waals surface area contributed by atoms with Crippen molar-refractivity contribution in [2.24, 2.45) is 5.92 Å². The minimum Gasteiger partial charge on any atom is -0.342 e. The van der Waals surface area contributed by atoms with Gasteiger partial charge in [-0.1, -0.05) is 61.7 Å². The number of rotatable bonds is 6. The first-order chi connectivity index (χ1) is 14.8. The van der Waals surface area contributed by atoms with Crippen molar-refractivity contribution in [3.05, 3.63) is 66.0 Å². The van der Waals surface area contributed by atoms with Crippen molar-refractivity contribution in [3.8, 4) is 0 Å². The summed E-state index contributed by atoms with van der Waals surface area (Å²) in [6.07, 6.45) is 8.21. The first kappa shape index (κ1) is 19.3. The molecule has 0 radical (unpaired) electrons. The summed E-state index contributed by atoms with van der Waals surface area (Å²) in [5.74, 6) is 2.33. The van der Waals surface area contributed by atoms with Gasteiger partial charge in [-0.25, -0.2) is 4.98 Å². The molecule has 156 valence electrons. The molecule has 4 heteroatoms. The molecular weight excluding hydrogens is 370 g/mol. The first-order valence-electron chi connectivity index (χ1n) is 11.5. The summed E-state index contributed by atoms with van der Waals surface area (Å²) in [6, 6.07) is 18.9. The zero-order valence-corrected chi connectivity index (χ0v) is 17.7. The highest BCUT2D eigenvalue weighted by atomic mass is 16.2. The smallest absolute Gasteiger partial charge is 0.223 e. The molecule has 1 saturated heterocycles.